The molecule has 1 aliphatic rings. The zero-order valence-corrected chi connectivity index (χ0v) is 14.8. The summed E-state index contributed by atoms with van der Waals surface area (Å²) in [6, 6.07) is 9.84. The van der Waals surface area contributed by atoms with Crippen LogP contribution in [0.5, 0.6) is 0 Å². The molecule has 0 radical (unpaired) electrons. The second-order valence-corrected chi connectivity index (χ2v) is 6.55. The number of rotatable bonds is 5. The normalized spacial score (nSPS) is 18.4. The smallest absolute Gasteiger partial charge is 0.225 e. The maximum atomic E-state index is 12.5. The fourth-order valence-electron chi connectivity index (χ4n) is 3.27. The number of carbonyl (C=O) groups is 2. The van der Waals surface area contributed by atoms with Crippen molar-refractivity contribution < 1.29 is 14.1 Å². The summed E-state index contributed by atoms with van der Waals surface area (Å²) in [4.78, 5) is 26.6. The van der Waals surface area contributed by atoms with E-state index >= 15 is 0 Å². The number of hydrogen-bond acceptors (Lipinski definition) is 4. The predicted octanol–water partition coefficient (Wildman–Crippen LogP) is 2.52. The van der Waals surface area contributed by atoms with Crippen LogP contribution in [0, 0.1) is 19.8 Å². The van der Waals surface area contributed by atoms with Crippen LogP contribution in [0.1, 0.15) is 42.0 Å². The molecular formula is C19H23N3O3. The van der Waals surface area contributed by atoms with Crippen LogP contribution >= 0.6 is 0 Å². The molecule has 1 aromatic carbocycles. The van der Waals surface area contributed by atoms with Gasteiger partial charge in [-0.1, -0.05) is 35.5 Å². The van der Waals surface area contributed by atoms with Crippen LogP contribution in [-0.4, -0.2) is 28.4 Å². The van der Waals surface area contributed by atoms with Crippen molar-refractivity contribution >= 4 is 11.8 Å². The van der Waals surface area contributed by atoms with Crippen molar-refractivity contribution in [3.05, 3.63) is 52.9 Å². The van der Waals surface area contributed by atoms with E-state index in [0.29, 0.717) is 18.8 Å². The van der Waals surface area contributed by atoms with Crippen LogP contribution in [0.2, 0.25) is 0 Å². The number of aromatic nitrogens is 1. The minimum atomic E-state index is -0.320. The Kier molecular flexibility index (Phi) is 4.88. The van der Waals surface area contributed by atoms with E-state index in [1.807, 2.05) is 51.1 Å². The van der Waals surface area contributed by atoms with Crippen LogP contribution < -0.4 is 5.32 Å². The molecule has 25 heavy (non-hydrogen) atoms. The molecule has 1 N–H and O–H groups in total. The molecule has 0 bridgehead atoms. The lowest BCUT2D eigenvalue weighted by molar-refractivity contribution is -0.130. The standard InChI is InChI=1S/C19H23N3O3/c1-12-17(14(3)25-21-12)10-20-19(24)16-9-18(23)22(11-16)13(2)15-7-5-4-6-8-15/h4-8,13,16H,9-11H2,1-3H3,(H,20,24)/t13-,16-/m0/s1. The van der Waals surface area contributed by atoms with Gasteiger partial charge < -0.3 is 14.7 Å². The van der Waals surface area contributed by atoms with Gasteiger partial charge in [0.05, 0.1) is 17.7 Å². The van der Waals surface area contributed by atoms with Crippen molar-refractivity contribution in [3.8, 4) is 0 Å². The zero-order valence-electron chi connectivity index (χ0n) is 14.8. The summed E-state index contributed by atoms with van der Waals surface area (Å²) in [6.07, 6.45) is 0.255. The van der Waals surface area contributed by atoms with Crippen molar-refractivity contribution in [2.24, 2.45) is 5.92 Å². The second-order valence-electron chi connectivity index (χ2n) is 6.55. The van der Waals surface area contributed by atoms with Crippen LogP contribution in [0.3, 0.4) is 0 Å². The van der Waals surface area contributed by atoms with Crippen LogP contribution in [0.15, 0.2) is 34.9 Å². The van der Waals surface area contributed by atoms with Crippen LogP contribution in [0.4, 0.5) is 0 Å². The number of benzene rings is 1. The highest BCUT2D eigenvalue weighted by atomic mass is 16.5. The fraction of sp³-hybridized carbons (Fsp3) is 0.421. The highest BCUT2D eigenvalue weighted by Crippen LogP contribution is 2.28. The average Bonchev–Trinajstić information content (AvgIpc) is 3.16. The van der Waals surface area contributed by atoms with E-state index in [-0.39, 0.29) is 30.2 Å². The van der Waals surface area contributed by atoms with Gasteiger partial charge in [-0.2, -0.15) is 0 Å². The molecule has 2 amide bonds. The summed E-state index contributed by atoms with van der Waals surface area (Å²) in [5.41, 5.74) is 2.75. The second kappa shape index (κ2) is 7.09. The van der Waals surface area contributed by atoms with Gasteiger partial charge in [-0.05, 0) is 26.3 Å². The Morgan fingerprint density at radius 2 is 2.08 bits per heavy atom. The van der Waals surface area contributed by atoms with Crippen LogP contribution in [-0.2, 0) is 16.1 Å². The van der Waals surface area contributed by atoms with Gasteiger partial charge in [0.1, 0.15) is 5.76 Å². The number of nitrogens with zero attached hydrogens (tertiary/aromatic N) is 2. The molecule has 2 atom stereocenters. The van der Waals surface area contributed by atoms with E-state index in [1.54, 1.807) is 4.90 Å². The minimum absolute atomic E-state index is 0.0221. The first kappa shape index (κ1) is 17.2. The number of amides is 2. The summed E-state index contributed by atoms with van der Waals surface area (Å²) < 4.78 is 5.10. The zero-order chi connectivity index (χ0) is 18.0. The molecule has 2 aromatic rings. The maximum absolute atomic E-state index is 12.5. The quantitative estimate of drug-likeness (QED) is 0.907. The molecule has 6 nitrogen and oxygen atoms in total. The van der Waals surface area contributed by atoms with Crippen molar-refractivity contribution in [3.63, 3.8) is 0 Å². The van der Waals surface area contributed by atoms with Crippen molar-refractivity contribution in [2.75, 3.05) is 6.54 Å². The topological polar surface area (TPSA) is 75.4 Å². The first-order chi connectivity index (χ1) is 12.0. The Labute approximate surface area is 147 Å². The number of likely N-dealkylation sites (tertiary alicyclic amines) is 1. The van der Waals surface area contributed by atoms with E-state index in [4.69, 9.17) is 4.52 Å². The Morgan fingerprint density at radius 1 is 1.36 bits per heavy atom. The van der Waals surface area contributed by atoms with Crippen molar-refractivity contribution in [2.45, 2.75) is 39.8 Å². The molecular weight excluding hydrogens is 318 g/mol. The molecule has 1 aliphatic heterocycles. The summed E-state index contributed by atoms with van der Waals surface area (Å²) in [5, 5.41) is 6.79. The third-order valence-electron chi connectivity index (χ3n) is 4.90. The molecule has 132 valence electrons. The van der Waals surface area contributed by atoms with E-state index in [2.05, 4.69) is 10.5 Å². The van der Waals surface area contributed by atoms with E-state index in [0.717, 1.165) is 16.8 Å². The SMILES string of the molecule is Cc1noc(C)c1CNC(=O)[C@H]1CC(=O)N([C@@H](C)c2ccccc2)C1. The van der Waals surface area contributed by atoms with Gasteiger partial charge in [0.15, 0.2) is 0 Å². The molecule has 2 heterocycles. The van der Waals surface area contributed by atoms with Gasteiger partial charge in [-0.3, -0.25) is 9.59 Å². The molecule has 1 fully saturated rings. The molecule has 6 heteroatoms. The molecule has 0 saturated carbocycles. The van der Waals surface area contributed by atoms with Gasteiger partial charge in [-0.15, -0.1) is 0 Å². The van der Waals surface area contributed by atoms with Gasteiger partial charge in [-0.25, -0.2) is 0 Å². The third kappa shape index (κ3) is 3.57. The van der Waals surface area contributed by atoms with Gasteiger partial charge in [0, 0.05) is 25.1 Å². The monoisotopic (exact) mass is 341 g/mol. The van der Waals surface area contributed by atoms with E-state index < -0.39 is 0 Å². The minimum Gasteiger partial charge on any atom is -0.361 e. The van der Waals surface area contributed by atoms with E-state index in [9.17, 15) is 9.59 Å². The van der Waals surface area contributed by atoms with Crippen LogP contribution in [0.25, 0.3) is 0 Å². The Morgan fingerprint density at radius 3 is 2.72 bits per heavy atom. The Balaban J connectivity index is 1.61. The lowest BCUT2D eigenvalue weighted by Gasteiger charge is -2.25. The maximum Gasteiger partial charge on any atom is 0.225 e. The number of carbonyl (C=O) groups excluding carboxylic acids is 2. The van der Waals surface area contributed by atoms with Gasteiger partial charge in [0.25, 0.3) is 0 Å². The van der Waals surface area contributed by atoms with Gasteiger partial charge >= 0.3 is 0 Å². The van der Waals surface area contributed by atoms with Crippen molar-refractivity contribution in [1.82, 2.24) is 15.4 Å². The molecule has 0 spiro atoms. The average molecular weight is 341 g/mol. The molecule has 1 saturated heterocycles. The molecule has 1 aromatic heterocycles. The lowest BCUT2D eigenvalue weighted by Crippen LogP contribution is -2.33. The number of aryl methyl sites for hydroxylation is 2. The summed E-state index contributed by atoms with van der Waals surface area (Å²) in [7, 11) is 0. The molecule has 0 aliphatic carbocycles. The first-order valence-electron chi connectivity index (χ1n) is 8.51. The summed E-state index contributed by atoms with van der Waals surface area (Å²) in [5.74, 6) is 0.309. The van der Waals surface area contributed by atoms with Gasteiger partial charge in [0.2, 0.25) is 11.8 Å². The first-order valence-corrected chi connectivity index (χ1v) is 8.51. The van der Waals surface area contributed by atoms with E-state index in [1.165, 1.54) is 0 Å². The Hall–Kier alpha value is -2.63. The number of nitrogens with one attached hydrogen (secondary N) is 1. The largest absolute Gasteiger partial charge is 0.361 e. The van der Waals surface area contributed by atoms with Crippen molar-refractivity contribution in [1.29, 1.82) is 0 Å². The molecule has 0 unspecified atom stereocenters. The highest BCUT2D eigenvalue weighted by molar-refractivity contribution is 5.89. The molecule has 3 rings (SSSR count). The number of hydrogen-bond donors (Lipinski definition) is 1. The Bertz CT molecular complexity index is 750. The highest BCUT2D eigenvalue weighted by Gasteiger charge is 2.36. The lowest BCUT2D eigenvalue weighted by atomic mass is 10.1. The summed E-state index contributed by atoms with van der Waals surface area (Å²) in [6.45, 7) is 6.49. The fourth-order valence-corrected chi connectivity index (χ4v) is 3.27. The predicted molar refractivity (Wildman–Crippen MR) is 92.5 cm³/mol. The third-order valence-corrected chi connectivity index (χ3v) is 4.90. The summed E-state index contributed by atoms with van der Waals surface area (Å²) >= 11 is 0.